The van der Waals surface area contributed by atoms with Crippen LogP contribution < -0.4 is 14.8 Å². The first kappa shape index (κ1) is 16.0. The highest BCUT2D eigenvalue weighted by Crippen LogP contribution is 2.29. The third-order valence-electron chi connectivity index (χ3n) is 3.18. The number of nitrogens with one attached hydrogen (secondary N) is 1. The number of methoxy groups -OCH3 is 2. The molecule has 3 unspecified atom stereocenters. The molecule has 0 heterocycles. The Morgan fingerprint density at radius 1 is 1.26 bits per heavy atom. The van der Waals surface area contributed by atoms with E-state index in [0.717, 1.165) is 17.1 Å². The molecule has 0 amide bonds. The molecule has 0 saturated carbocycles. The fraction of sp³-hybridized carbons (Fsp3) is 0.571. The van der Waals surface area contributed by atoms with E-state index in [2.05, 4.69) is 12.2 Å². The van der Waals surface area contributed by atoms with Crippen LogP contribution in [0.4, 0.5) is 0 Å². The molecule has 0 spiro atoms. The van der Waals surface area contributed by atoms with Crippen molar-refractivity contribution in [3.05, 3.63) is 23.8 Å². The fourth-order valence-electron chi connectivity index (χ4n) is 1.75. The Kier molecular flexibility index (Phi) is 6.31. The topological polar surface area (TPSA) is 47.6 Å². The first-order chi connectivity index (χ1) is 8.99. The molecule has 0 radical (unpaired) electrons. The molecule has 19 heavy (non-hydrogen) atoms. The molecular formula is C14H23NO3S. The maximum Gasteiger partial charge on any atom is 0.123 e. The van der Waals surface area contributed by atoms with Crippen molar-refractivity contribution in [1.29, 1.82) is 0 Å². The maximum atomic E-state index is 11.3. The van der Waals surface area contributed by atoms with Gasteiger partial charge in [-0.15, -0.1) is 0 Å². The van der Waals surface area contributed by atoms with Gasteiger partial charge in [0.2, 0.25) is 0 Å². The molecule has 3 atom stereocenters. The number of ether oxygens (including phenoxy) is 2. The molecule has 108 valence electrons. The van der Waals surface area contributed by atoms with Crippen LogP contribution in [0.1, 0.15) is 25.5 Å². The monoisotopic (exact) mass is 285 g/mol. The second-order valence-corrected chi connectivity index (χ2v) is 6.35. The van der Waals surface area contributed by atoms with E-state index in [1.807, 2.05) is 25.1 Å². The summed E-state index contributed by atoms with van der Waals surface area (Å²) in [5.41, 5.74) is 1.04. The molecule has 5 heteroatoms. The first-order valence-corrected chi connectivity index (χ1v) is 7.89. The summed E-state index contributed by atoms with van der Waals surface area (Å²) in [4.78, 5) is 0. The Labute approximate surface area is 118 Å². The lowest BCUT2D eigenvalue weighted by atomic mass is 10.1. The lowest BCUT2D eigenvalue weighted by molar-refractivity contribution is 0.392. The second kappa shape index (κ2) is 7.50. The van der Waals surface area contributed by atoms with Gasteiger partial charge in [0.05, 0.1) is 14.2 Å². The number of rotatable bonds is 7. The van der Waals surface area contributed by atoms with Gasteiger partial charge in [0.15, 0.2) is 0 Å². The van der Waals surface area contributed by atoms with Gasteiger partial charge in [0, 0.05) is 40.5 Å². The van der Waals surface area contributed by atoms with Crippen LogP contribution in [0.15, 0.2) is 18.2 Å². The Balaban J connectivity index is 2.79. The molecule has 0 bridgehead atoms. The third-order valence-corrected chi connectivity index (χ3v) is 4.48. The van der Waals surface area contributed by atoms with Crippen molar-refractivity contribution in [2.24, 2.45) is 0 Å². The summed E-state index contributed by atoms with van der Waals surface area (Å²) in [5, 5.41) is 3.50. The predicted molar refractivity (Wildman–Crippen MR) is 79.5 cm³/mol. The smallest absolute Gasteiger partial charge is 0.123 e. The minimum atomic E-state index is -0.815. The first-order valence-electron chi connectivity index (χ1n) is 6.27. The highest BCUT2D eigenvalue weighted by molar-refractivity contribution is 7.84. The molecule has 0 aromatic heterocycles. The summed E-state index contributed by atoms with van der Waals surface area (Å²) in [7, 11) is 2.48. The van der Waals surface area contributed by atoms with Crippen LogP contribution in [0.25, 0.3) is 0 Å². The van der Waals surface area contributed by atoms with Crippen molar-refractivity contribution in [3.8, 4) is 11.5 Å². The number of benzene rings is 1. The van der Waals surface area contributed by atoms with Crippen molar-refractivity contribution < 1.29 is 13.7 Å². The highest BCUT2D eigenvalue weighted by atomic mass is 32.2. The molecule has 0 aliphatic rings. The van der Waals surface area contributed by atoms with Crippen LogP contribution in [0.2, 0.25) is 0 Å². The van der Waals surface area contributed by atoms with Crippen LogP contribution in [0.5, 0.6) is 11.5 Å². The zero-order valence-electron chi connectivity index (χ0n) is 12.2. The quantitative estimate of drug-likeness (QED) is 0.833. The Morgan fingerprint density at radius 2 is 1.95 bits per heavy atom. The van der Waals surface area contributed by atoms with Gasteiger partial charge < -0.3 is 14.8 Å². The molecule has 4 nitrogen and oxygen atoms in total. The molecule has 0 aliphatic carbocycles. The van der Waals surface area contributed by atoms with Gasteiger partial charge in [0.25, 0.3) is 0 Å². The zero-order chi connectivity index (χ0) is 14.4. The zero-order valence-corrected chi connectivity index (χ0v) is 13.0. The minimum Gasteiger partial charge on any atom is -0.497 e. The molecule has 0 saturated heterocycles. The van der Waals surface area contributed by atoms with E-state index in [9.17, 15) is 4.21 Å². The van der Waals surface area contributed by atoms with Crippen molar-refractivity contribution >= 4 is 10.8 Å². The van der Waals surface area contributed by atoms with Crippen LogP contribution in [-0.4, -0.2) is 36.5 Å². The standard InChI is InChI=1S/C14H23NO3S/c1-10(19(5)16)9-15-11(2)13-8-12(17-3)6-7-14(13)18-4/h6-8,10-11,15H,9H2,1-5H3. The van der Waals surface area contributed by atoms with E-state index in [-0.39, 0.29) is 11.3 Å². The SMILES string of the molecule is COc1ccc(OC)c(C(C)NCC(C)S(C)=O)c1. The summed E-state index contributed by atoms with van der Waals surface area (Å²) < 4.78 is 21.9. The van der Waals surface area contributed by atoms with Gasteiger partial charge in [-0.2, -0.15) is 0 Å². The molecule has 1 aromatic rings. The Morgan fingerprint density at radius 3 is 2.47 bits per heavy atom. The van der Waals surface area contributed by atoms with Crippen LogP contribution >= 0.6 is 0 Å². The molecule has 1 rings (SSSR count). The second-order valence-electron chi connectivity index (χ2n) is 4.55. The third kappa shape index (κ3) is 4.51. The normalized spacial score (nSPS) is 15.6. The van der Waals surface area contributed by atoms with E-state index in [1.54, 1.807) is 20.5 Å². The van der Waals surface area contributed by atoms with E-state index in [0.29, 0.717) is 6.54 Å². The van der Waals surface area contributed by atoms with Crippen LogP contribution in [0.3, 0.4) is 0 Å². The lowest BCUT2D eigenvalue weighted by Gasteiger charge is -2.19. The highest BCUT2D eigenvalue weighted by Gasteiger charge is 2.14. The molecular weight excluding hydrogens is 262 g/mol. The summed E-state index contributed by atoms with van der Waals surface area (Å²) in [6.45, 7) is 4.73. The van der Waals surface area contributed by atoms with Crippen LogP contribution in [0, 0.1) is 0 Å². The van der Waals surface area contributed by atoms with Gasteiger partial charge in [-0.05, 0) is 32.0 Å². The van der Waals surface area contributed by atoms with Crippen molar-refractivity contribution in [3.63, 3.8) is 0 Å². The maximum absolute atomic E-state index is 11.3. The average Bonchev–Trinajstić information content (AvgIpc) is 2.43. The summed E-state index contributed by atoms with van der Waals surface area (Å²) >= 11 is 0. The predicted octanol–water partition coefficient (Wildman–Crippen LogP) is 2.12. The molecule has 0 aliphatic heterocycles. The fourth-order valence-corrected chi connectivity index (χ4v) is 2.08. The largest absolute Gasteiger partial charge is 0.497 e. The summed E-state index contributed by atoms with van der Waals surface area (Å²) in [6, 6.07) is 5.84. The minimum absolute atomic E-state index is 0.107. The molecule has 1 aromatic carbocycles. The van der Waals surface area contributed by atoms with E-state index in [1.165, 1.54) is 0 Å². The molecule has 0 fully saturated rings. The van der Waals surface area contributed by atoms with Crippen molar-refractivity contribution in [1.82, 2.24) is 5.32 Å². The average molecular weight is 285 g/mol. The van der Waals surface area contributed by atoms with Gasteiger partial charge in [-0.1, -0.05) is 0 Å². The Hall–Kier alpha value is -1.07. The van der Waals surface area contributed by atoms with Crippen molar-refractivity contribution in [2.45, 2.75) is 25.1 Å². The number of hydrogen-bond donors (Lipinski definition) is 1. The Bertz CT molecular complexity index is 437. The van der Waals surface area contributed by atoms with Gasteiger partial charge in [-0.25, -0.2) is 0 Å². The van der Waals surface area contributed by atoms with Crippen molar-refractivity contribution in [2.75, 3.05) is 27.0 Å². The lowest BCUT2D eigenvalue weighted by Crippen LogP contribution is -2.29. The van der Waals surface area contributed by atoms with Gasteiger partial charge >= 0.3 is 0 Å². The van der Waals surface area contributed by atoms with Gasteiger partial charge in [-0.3, -0.25) is 4.21 Å². The summed E-state index contributed by atoms with van der Waals surface area (Å²) in [6.07, 6.45) is 1.73. The summed E-state index contributed by atoms with van der Waals surface area (Å²) in [5.74, 6) is 1.63. The molecule has 1 N–H and O–H groups in total. The van der Waals surface area contributed by atoms with Gasteiger partial charge in [0.1, 0.15) is 11.5 Å². The van der Waals surface area contributed by atoms with E-state index >= 15 is 0 Å². The van der Waals surface area contributed by atoms with E-state index < -0.39 is 10.8 Å². The van der Waals surface area contributed by atoms with E-state index in [4.69, 9.17) is 9.47 Å². The van der Waals surface area contributed by atoms with Crippen LogP contribution in [-0.2, 0) is 10.8 Å². The number of hydrogen-bond acceptors (Lipinski definition) is 4.